The summed E-state index contributed by atoms with van der Waals surface area (Å²) in [6.07, 6.45) is 2.45. The van der Waals surface area contributed by atoms with E-state index in [1.165, 1.54) is 7.11 Å². The third-order valence-corrected chi connectivity index (χ3v) is 4.48. The van der Waals surface area contributed by atoms with E-state index in [0.29, 0.717) is 18.1 Å². The highest BCUT2D eigenvalue weighted by Gasteiger charge is 2.23. The fourth-order valence-corrected chi connectivity index (χ4v) is 2.96. The lowest BCUT2D eigenvalue weighted by molar-refractivity contribution is -0.145. The molecule has 1 unspecified atom stereocenters. The van der Waals surface area contributed by atoms with Crippen LogP contribution < -0.4 is 10.1 Å². The molecule has 0 bridgehead atoms. The van der Waals surface area contributed by atoms with Crippen molar-refractivity contribution in [2.24, 2.45) is 5.92 Å². The highest BCUT2D eigenvalue weighted by atomic mass is 16.5. The molecule has 5 nitrogen and oxygen atoms in total. The number of carbonyl (C=O) groups excluding carboxylic acids is 2. The zero-order valence-corrected chi connectivity index (χ0v) is 16.8. The van der Waals surface area contributed by atoms with Crippen LogP contribution in [0.2, 0.25) is 0 Å². The fraction of sp³-hybridized carbons (Fsp3) is 0.391. The normalized spacial score (nSPS) is 12.7. The minimum atomic E-state index is -0.853. The lowest BCUT2D eigenvalue weighted by Gasteiger charge is -2.18. The van der Waals surface area contributed by atoms with Crippen LogP contribution in [0.25, 0.3) is 0 Å². The van der Waals surface area contributed by atoms with E-state index in [9.17, 15) is 9.59 Å². The monoisotopic (exact) mass is 383 g/mol. The maximum absolute atomic E-state index is 12.4. The van der Waals surface area contributed by atoms with Gasteiger partial charge in [-0.05, 0) is 35.6 Å². The van der Waals surface area contributed by atoms with Gasteiger partial charge in [0, 0.05) is 0 Å². The summed E-state index contributed by atoms with van der Waals surface area (Å²) in [6, 6.07) is 15.7. The van der Waals surface area contributed by atoms with E-state index in [0.717, 1.165) is 24.2 Å². The molecule has 0 aliphatic carbocycles. The first-order valence-electron chi connectivity index (χ1n) is 9.67. The van der Waals surface area contributed by atoms with Crippen molar-refractivity contribution >= 4 is 11.9 Å². The summed E-state index contributed by atoms with van der Waals surface area (Å²) in [4.78, 5) is 24.6. The number of hydrogen-bond donors (Lipinski definition) is 1. The second kappa shape index (κ2) is 11.1. The maximum Gasteiger partial charge on any atom is 0.333 e. The Morgan fingerprint density at radius 1 is 1.04 bits per heavy atom. The van der Waals surface area contributed by atoms with Crippen molar-refractivity contribution in [1.29, 1.82) is 0 Å². The van der Waals surface area contributed by atoms with Gasteiger partial charge in [0.25, 0.3) is 0 Å². The Labute approximate surface area is 167 Å². The number of benzene rings is 2. The van der Waals surface area contributed by atoms with Crippen LogP contribution in [0.4, 0.5) is 0 Å². The van der Waals surface area contributed by atoms with E-state index in [4.69, 9.17) is 9.47 Å². The Hall–Kier alpha value is -2.82. The molecule has 2 aromatic carbocycles. The third kappa shape index (κ3) is 6.72. The molecule has 0 aromatic heterocycles. The van der Waals surface area contributed by atoms with Crippen molar-refractivity contribution in [3.05, 3.63) is 65.7 Å². The van der Waals surface area contributed by atoms with E-state index in [-0.39, 0.29) is 12.3 Å². The molecule has 1 amide bonds. The smallest absolute Gasteiger partial charge is 0.333 e. The quantitative estimate of drug-likeness (QED) is 0.628. The van der Waals surface area contributed by atoms with Crippen molar-refractivity contribution in [3.8, 4) is 5.75 Å². The molecule has 0 saturated carbocycles. The molecule has 0 aliphatic rings. The van der Waals surface area contributed by atoms with Gasteiger partial charge in [0.2, 0.25) is 5.91 Å². The summed E-state index contributed by atoms with van der Waals surface area (Å²) >= 11 is 0. The Morgan fingerprint density at radius 2 is 1.71 bits per heavy atom. The van der Waals surface area contributed by atoms with Crippen molar-refractivity contribution < 1.29 is 19.1 Å². The summed E-state index contributed by atoms with van der Waals surface area (Å²) < 4.78 is 10.7. The Kier molecular flexibility index (Phi) is 8.53. The maximum atomic E-state index is 12.4. The average molecular weight is 383 g/mol. The predicted molar refractivity (Wildman–Crippen MR) is 109 cm³/mol. The fourth-order valence-electron chi connectivity index (χ4n) is 2.96. The summed E-state index contributed by atoms with van der Waals surface area (Å²) in [7, 11) is 1.31. The molecule has 0 spiro atoms. The molecule has 0 radical (unpaired) electrons. The third-order valence-electron chi connectivity index (χ3n) is 4.48. The molecular weight excluding hydrogens is 354 g/mol. The first-order chi connectivity index (χ1) is 13.5. The largest absolute Gasteiger partial charge is 0.493 e. The Morgan fingerprint density at radius 3 is 2.32 bits per heavy atom. The van der Waals surface area contributed by atoms with Gasteiger partial charge in [-0.1, -0.05) is 62.7 Å². The number of nitrogens with one attached hydrogen (secondary N) is 1. The lowest BCUT2D eigenvalue weighted by Crippen LogP contribution is -2.35. The molecule has 2 rings (SSSR count). The van der Waals surface area contributed by atoms with Crippen molar-refractivity contribution in [1.82, 2.24) is 5.32 Å². The first-order valence-corrected chi connectivity index (χ1v) is 9.67. The van der Waals surface area contributed by atoms with E-state index < -0.39 is 12.0 Å². The number of methoxy groups -OCH3 is 1. The molecule has 2 aromatic rings. The summed E-state index contributed by atoms with van der Waals surface area (Å²) in [6.45, 7) is 4.97. The highest BCUT2D eigenvalue weighted by molar-refractivity contribution is 5.86. The standard InChI is InChI=1S/C23H29NO4/c1-4-8-17(2)16-28-20-13-11-19(12-14-20)22(23(26)27-3)24-21(25)15-18-9-6-5-7-10-18/h5-7,9-14,17,22H,4,8,15-16H2,1-3H3,(H,24,25)/t17?,22-/m1/s1. The van der Waals surface area contributed by atoms with Gasteiger partial charge in [-0.25, -0.2) is 4.79 Å². The Balaban J connectivity index is 2.02. The molecule has 0 aliphatic heterocycles. The molecular formula is C23H29NO4. The topological polar surface area (TPSA) is 64.6 Å². The van der Waals surface area contributed by atoms with Gasteiger partial charge >= 0.3 is 5.97 Å². The van der Waals surface area contributed by atoms with Crippen molar-refractivity contribution in [2.45, 2.75) is 39.2 Å². The van der Waals surface area contributed by atoms with Crippen LogP contribution in [-0.2, 0) is 20.7 Å². The van der Waals surface area contributed by atoms with E-state index in [1.807, 2.05) is 42.5 Å². The number of carbonyl (C=O) groups is 2. The first kappa shape index (κ1) is 21.5. The van der Waals surface area contributed by atoms with Crippen LogP contribution in [0.15, 0.2) is 54.6 Å². The molecule has 28 heavy (non-hydrogen) atoms. The van der Waals surface area contributed by atoms with Crippen molar-refractivity contribution in [3.63, 3.8) is 0 Å². The SMILES string of the molecule is CCCC(C)COc1ccc([C@@H](NC(=O)Cc2ccccc2)C(=O)OC)cc1. The van der Waals surface area contributed by atoms with Crippen LogP contribution in [0.1, 0.15) is 43.9 Å². The molecule has 2 atom stereocenters. The average Bonchev–Trinajstić information content (AvgIpc) is 2.71. The van der Waals surface area contributed by atoms with E-state index in [1.54, 1.807) is 12.1 Å². The van der Waals surface area contributed by atoms with E-state index >= 15 is 0 Å². The number of esters is 1. The van der Waals surface area contributed by atoms with Gasteiger partial charge in [-0.15, -0.1) is 0 Å². The summed E-state index contributed by atoms with van der Waals surface area (Å²) in [5.74, 6) is 0.484. The van der Waals surface area contributed by atoms with Gasteiger partial charge in [-0.2, -0.15) is 0 Å². The van der Waals surface area contributed by atoms with Crippen LogP contribution >= 0.6 is 0 Å². The number of hydrogen-bond acceptors (Lipinski definition) is 4. The zero-order valence-electron chi connectivity index (χ0n) is 16.8. The number of rotatable bonds is 10. The van der Waals surface area contributed by atoms with Gasteiger partial charge in [0.1, 0.15) is 5.75 Å². The number of amides is 1. The summed E-state index contributed by atoms with van der Waals surface area (Å²) in [5.41, 5.74) is 1.54. The molecule has 150 valence electrons. The van der Waals surface area contributed by atoms with Crippen LogP contribution in [-0.4, -0.2) is 25.6 Å². The zero-order chi connectivity index (χ0) is 20.4. The molecule has 5 heteroatoms. The van der Waals surface area contributed by atoms with Gasteiger partial charge < -0.3 is 14.8 Å². The lowest BCUT2D eigenvalue weighted by atomic mass is 10.1. The van der Waals surface area contributed by atoms with Gasteiger partial charge in [-0.3, -0.25) is 4.79 Å². The molecule has 0 fully saturated rings. The second-order valence-electron chi connectivity index (χ2n) is 6.96. The van der Waals surface area contributed by atoms with Crippen molar-refractivity contribution in [2.75, 3.05) is 13.7 Å². The van der Waals surface area contributed by atoms with Crippen LogP contribution in [0.5, 0.6) is 5.75 Å². The molecule has 1 N–H and O–H groups in total. The van der Waals surface area contributed by atoms with Crippen LogP contribution in [0, 0.1) is 5.92 Å². The highest BCUT2D eigenvalue weighted by Crippen LogP contribution is 2.20. The van der Waals surface area contributed by atoms with Gasteiger partial charge in [0.05, 0.1) is 20.1 Å². The van der Waals surface area contributed by atoms with E-state index in [2.05, 4.69) is 19.2 Å². The number of ether oxygens (including phenoxy) is 2. The summed E-state index contributed by atoms with van der Waals surface area (Å²) in [5, 5.41) is 2.76. The minimum Gasteiger partial charge on any atom is -0.493 e. The Bertz CT molecular complexity index is 743. The van der Waals surface area contributed by atoms with Crippen LogP contribution in [0.3, 0.4) is 0 Å². The predicted octanol–water partition coefficient (Wildman–Crippen LogP) is 4.07. The minimum absolute atomic E-state index is 0.199. The van der Waals surface area contributed by atoms with Gasteiger partial charge in [0.15, 0.2) is 6.04 Å². The molecule has 0 heterocycles. The molecule has 0 saturated heterocycles. The second-order valence-corrected chi connectivity index (χ2v) is 6.96.